The molecule has 0 saturated heterocycles. The third-order valence-corrected chi connectivity index (χ3v) is 5.46. The Hall–Kier alpha value is -2.59. The number of aliphatic carboxylic acids is 1. The highest BCUT2D eigenvalue weighted by Crippen LogP contribution is 2.29. The van der Waals surface area contributed by atoms with E-state index in [2.05, 4.69) is 15.6 Å². The number of hydrogen-bond acceptors (Lipinski definition) is 7. The van der Waals surface area contributed by atoms with Gasteiger partial charge in [-0.3, -0.25) is 9.59 Å². The Morgan fingerprint density at radius 3 is 2.61 bits per heavy atom. The van der Waals surface area contributed by atoms with Crippen molar-refractivity contribution in [3.05, 3.63) is 35.5 Å². The highest BCUT2D eigenvalue weighted by Gasteiger charge is 2.29. The van der Waals surface area contributed by atoms with Gasteiger partial charge in [-0.1, -0.05) is 26.0 Å². The summed E-state index contributed by atoms with van der Waals surface area (Å²) in [4.78, 5) is 40.2. The van der Waals surface area contributed by atoms with Gasteiger partial charge in [0, 0.05) is 0 Å². The van der Waals surface area contributed by atoms with E-state index in [4.69, 9.17) is 4.74 Å². The lowest BCUT2D eigenvalue weighted by molar-refractivity contribution is -0.144. The summed E-state index contributed by atoms with van der Waals surface area (Å²) in [5, 5.41) is 14.1. The molecular weight excluding hydrogens is 402 g/mol. The minimum atomic E-state index is -1.42. The maximum Gasteiger partial charge on any atom is 0.332 e. The molecular formula is C18H21N3O5S2. The Kier molecular flexibility index (Phi) is 7.82. The molecule has 1 aromatic carbocycles. The molecule has 0 aliphatic heterocycles. The molecule has 0 bridgehead atoms. The van der Waals surface area contributed by atoms with Crippen LogP contribution in [0.4, 0.5) is 5.69 Å². The van der Waals surface area contributed by atoms with E-state index in [1.165, 1.54) is 28.6 Å². The molecule has 1 unspecified atom stereocenters. The minimum Gasteiger partial charge on any atom is -0.491 e. The largest absolute Gasteiger partial charge is 0.491 e. The van der Waals surface area contributed by atoms with Crippen LogP contribution in [0, 0.1) is 5.92 Å². The molecule has 8 nitrogen and oxygen atoms in total. The van der Waals surface area contributed by atoms with E-state index >= 15 is 0 Å². The maximum absolute atomic E-state index is 12.3. The SMILES string of the molecule is CSc1scnc1C(NC(=O)C(=O)Nc1ccccc1OCC(C)C)C(=O)O. The van der Waals surface area contributed by atoms with Gasteiger partial charge in [0.25, 0.3) is 0 Å². The van der Waals surface area contributed by atoms with Crippen molar-refractivity contribution in [1.82, 2.24) is 10.3 Å². The summed E-state index contributed by atoms with van der Waals surface area (Å²) in [6.45, 7) is 4.42. The van der Waals surface area contributed by atoms with Crippen molar-refractivity contribution in [1.29, 1.82) is 0 Å². The quantitative estimate of drug-likeness (QED) is 0.441. The van der Waals surface area contributed by atoms with Crippen LogP contribution in [0.5, 0.6) is 5.75 Å². The molecule has 1 heterocycles. The third kappa shape index (κ3) is 5.70. The number of carboxylic acids is 1. The van der Waals surface area contributed by atoms with E-state index in [0.717, 1.165) is 0 Å². The lowest BCUT2D eigenvalue weighted by Gasteiger charge is -2.15. The number of thioether (sulfide) groups is 1. The molecule has 0 spiro atoms. The standard InChI is InChI=1S/C18H21N3O5S2/c1-10(2)8-26-12-7-5-4-6-11(12)20-15(22)16(23)21-13(17(24)25)14-18(27-3)28-9-19-14/h4-7,9-10,13H,8H2,1-3H3,(H,20,22)(H,21,23)(H,24,25). The normalized spacial score (nSPS) is 11.7. The van der Waals surface area contributed by atoms with Crippen molar-refractivity contribution in [3.8, 4) is 5.75 Å². The van der Waals surface area contributed by atoms with Gasteiger partial charge in [0.15, 0.2) is 6.04 Å². The molecule has 2 rings (SSSR count). The number of aromatic nitrogens is 1. The number of carbonyl (C=O) groups is 3. The van der Waals surface area contributed by atoms with E-state index in [1.54, 1.807) is 30.5 Å². The fraction of sp³-hybridized carbons (Fsp3) is 0.333. The topological polar surface area (TPSA) is 118 Å². The molecule has 28 heavy (non-hydrogen) atoms. The number of nitrogens with one attached hydrogen (secondary N) is 2. The zero-order chi connectivity index (χ0) is 20.7. The average Bonchev–Trinajstić information content (AvgIpc) is 3.13. The van der Waals surface area contributed by atoms with Gasteiger partial charge >= 0.3 is 17.8 Å². The number of nitrogens with zero attached hydrogens (tertiary/aromatic N) is 1. The zero-order valence-corrected chi connectivity index (χ0v) is 17.2. The van der Waals surface area contributed by atoms with E-state index < -0.39 is 23.8 Å². The Morgan fingerprint density at radius 1 is 1.25 bits per heavy atom. The molecule has 0 aliphatic carbocycles. The van der Waals surface area contributed by atoms with Crippen molar-refractivity contribution < 1.29 is 24.2 Å². The van der Waals surface area contributed by atoms with Crippen LogP contribution in [0.3, 0.4) is 0 Å². The molecule has 0 saturated carbocycles. The van der Waals surface area contributed by atoms with E-state index in [1.807, 2.05) is 13.8 Å². The van der Waals surface area contributed by atoms with E-state index in [-0.39, 0.29) is 11.6 Å². The second-order valence-corrected chi connectivity index (χ2v) is 8.06. The van der Waals surface area contributed by atoms with E-state index in [9.17, 15) is 19.5 Å². The molecule has 2 amide bonds. The maximum atomic E-state index is 12.3. The number of thiazole rings is 1. The molecule has 0 fully saturated rings. The molecule has 0 aliphatic rings. The summed E-state index contributed by atoms with van der Waals surface area (Å²) in [5.41, 5.74) is 2.02. The zero-order valence-electron chi connectivity index (χ0n) is 15.6. The van der Waals surface area contributed by atoms with Crippen LogP contribution in [-0.4, -0.2) is 40.7 Å². The van der Waals surface area contributed by atoms with Gasteiger partial charge in [-0.2, -0.15) is 0 Å². The van der Waals surface area contributed by atoms with Crippen LogP contribution in [0.1, 0.15) is 25.6 Å². The summed E-state index contributed by atoms with van der Waals surface area (Å²) in [6, 6.07) is 5.30. The van der Waals surface area contributed by atoms with Crippen molar-refractivity contribution >= 4 is 46.6 Å². The van der Waals surface area contributed by atoms with Crippen molar-refractivity contribution in [2.24, 2.45) is 5.92 Å². The monoisotopic (exact) mass is 423 g/mol. The number of carboxylic acid groups (broad SMARTS) is 1. The molecule has 1 atom stereocenters. The highest BCUT2D eigenvalue weighted by atomic mass is 32.2. The van der Waals surface area contributed by atoms with Crippen LogP contribution in [0.25, 0.3) is 0 Å². The first-order valence-corrected chi connectivity index (χ1v) is 10.5. The summed E-state index contributed by atoms with van der Waals surface area (Å²) in [5.74, 6) is -2.66. The Labute approximate surface area is 170 Å². The van der Waals surface area contributed by atoms with Gasteiger partial charge in [0.1, 0.15) is 5.75 Å². The Morgan fingerprint density at radius 2 is 1.96 bits per heavy atom. The summed E-state index contributed by atoms with van der Waals surface area (Å²) in [6.07, 6.45) is 1.78. The first-order chi connectivity index (χ1) is 13.3. The van der Waals surface area contributed by atoms with Crippen LogP contribution in [0.15, 0.2) is 34.0 Å². The van der Waals surface area contributed by atoms with Gasteiger partial charge in [-0.05, 0) is 24.3 Å². The molecule has 2 aromatic rings. The number of carbonyl (C=O) groups excluding carboxylic acids is 2. The van der Waals surface area contributed by atoms with Crippen LogP contribution < -0.4 is 15.4 Å². The molecule has 10 heteroatoms. The molecule has 1 aromatic heterocycles. The number of benzene rings is 1. The molecule has 150 valence electrons. The average molecular weight is 424 g/mol. The second-order valence-electron chi connectivity index (χ2n) is 6.13. The lowest BCUT2D eigenvalue weighted by atomic mass is 10.2. The third-order valence-electron chi connectivity index (χ3n) is 3.46. The van der Waals surface area contributed by atoms with Gasteiger partial charge < -0.3 is 20.5 Å². The van der Waals surface area contributed by atoms with Gasteiger partial charge in [0.05, 0.1) is 27.7 Å². The highest BCUT2D eigenvalue weighted by molar-refractivity contribution is 8.00. The van der Waals surface area contributed by atoms with Crippen molar-refractivity contribution in [2.75, 3.05) is 18.2 Å². The number of anilines is 1. The van der Waals surface area contributed by atoms with Gasteiger partial charge in [-0.15, -0.1) is 23.1 Å². The summed E-state index contributed by atoms with van der Waals surface area (Å²) >= 11 is 2.58. The Bertz CT molecular complexity index is 853. The van der Waals surface area contributed by atoms with Crippen molar-refractivity contribution in [2.45, 2.75) is 24.1 Å². The number of ether oxygens (including phenoxy) is 1. The van der Waals surface area contributed by atoms with E-state index in [0.29, 0.717) is 22.3 Å². The Balaban J connectivity index is 2.10. The van der Waals surface area contributed by atoms with Gasteiger partial charge in [-0.25, -0.2) is 9.78 Å². The number of amides is 2. The van der Waals surface area contributed by atoms with Crippen LogP contribution in [0.2, 0.25) is 0 Å². The second kappa shape index (κ2) is 10.1. The lowest BCUT2D eigenvalue weighted by Crippen LogP contribution is -2.41. The minimum absolute atomic E-state index is 0.201. The summed E-state index contributed by atoms with van der Waals surface area (Å²) in [7, 11) is 0. The first kappa shape index (κ1) is 21.7. The number of para-hydroxylation sites is 2. The van der Waals surface area contributed by atoms with Crippen LogP contribution >= 0.6 is 23.1 Å². The van der Waals surface area contributed by atoms with Crippen molar-refractivity contribution in [3.63, 3.8) is 0 Å². The predicted molar refractivity (Wildman–Crippen MR) is 108 cm³/mol. The summed E-state index contributed by atoms with van der Waals surface area (Å²) < 4.78 is 6.29. The fourth-order valence-electron chi connectivity index (χ4n) is 2.16. The molecule has 0 radical (unpaired) electrons. The van der Waals surface area contributed by atoms with Crippen LogP contribution in [-0.2, 0) is 14.4 Å². The number of hydrogen-bond donors (Lipinski definition) is 3. The molecule has 3 N–H and O–H groups in total. The predicted octanol–water partition coefficient (Wildman–Crippen LogP) is 2.78. The fourth-order valence-corrected chi connectivity index (χ4v) is 3.61. The number of rotatable bonds is 8. The first-order valence-electron chi connectivity index (χ1n) is 8.37. The smallest absolute Gasteiger partial charge is 0.332 e. The van der Waals surface area contributed by atoms with Gasteiger partial charge in [0.2, 0.25) is 0 Å².